The summed E-state index contributed by atoms with van der Waals surface area (Å²) in [6.07, 6.45) is 0.837. The van der Waals surface area contributed by atoms with Crippen molar-refractivity contribution in [3.63, 3.8) is 0 Å². The molecule has 1 N–H and O–H groups in total. The zero-order chi connectivity index (χ0) is 10.3. The van der Waals surface area contributed by atoms with Crippen LogP contribution >= 0.6 is 0 Å². The third-order valence-electron chi connectivity index (χ3n) is 1.47. The van der Waals surface area contributed by atoms with Crippen LogP contribution in [0.25, 0.3) is 0 Å². The second-order valence-corrected chi connectivity index (χ2v) is 3.87. The summed E-state index contributed by atoms with van der Waals surface area (Å²) in [5.41, 5.74) is 0. The predicted octanol–water partition coefficient (Wildman–Crippen LogP) is 1.57. The van der Waals surface area contributed by atoms with E-state index in [9.17, 15) is 4.79 Å². The van der Waals surface area contributed by atoms with Gasteiger partial charge >= 0.3 is 0 Å². The number of carbonyl (C=O) groups is 1. The molecule has 1 amide bonds. The van der Waals surface area contributed by atoms with Gasteiger partial charge in [0.25, 0.3) is 0 Å². The lowest BCUT2D eigenvalue weighted by Gasteiger charge is -2.09. The fraction of sp³-hybridized carbons (Fsp3) is 0.900. The Labute approximate surface area is 80.8 Å². The van der Waals surface area contributed by atoms with E-state index in [1.54, 1.807) is 0 Å². The lowest BCUT2D eigenvalue weighted by molar-refractivity contribution is -0.122. The topological polar surface area (TPSA) is 38.3 Å². The van der Waals surface area contributed by atoms with Gasteiger partial charge in [-0.05, 0) is 19.8 Å². The first-order valence-electron chi connectivity index (χ1n) is 4.90. The van der Waals surface area contributed by atoms with Crippen LogP contribution in [0.2, 0.25) is 0 Å². The van der Waals surface area contributed by atoms with Crippen molar-refractivity contribution in [2.75, 3.05) is 13.2 Å². The molecule has 0 unspecified atom stereocenters. The molecule has 0 heterocycles. The molecule has 0 aromatic heterocycles. The molecule has 13 heavy (non-hydrogen) atoms. The summed E-state index contributed by atoms with van der Waals surface area (Å²) in [5, 5.41) is 2.81. The van der Waals surface area contributed by atoms with Crippen LogP contribution < -0.4 is 5.32 Å². The Morgan fingerprint density at radius 1 is 1.31 bits per heavy atom. The molecule has 0 bridgehead atoms. The second kappa shape index (κ2) is 6.89. The van der Waals surface area contributed by atoms with Crippen LogP contribution in [0.1, 0.15) is 34.1 Å². The number of rotatable bonds is 6. The maximum Gasteiger partial charge on any atom is 0.220 e. The van der Waals surface area contributed by atoms with Crippen LogP contribution in [0.15, 0.2) is 0 Å². The minimum Gasteiger partial charge on any atom is -0.377 e. The Balaban J connectivity index is 3.27. The third-order valence-corrected chi connectivity index (χ3v) is 1.47. The Hall–Kier alpha value is -0.570. The minimum absolute atomic E-state index is 0.113. The molecular formula is C10H21NO2. The van der Waals surface area contributed by atoms with Crippen molar-refractivity contribution in [2.45, 2.75) is 40.2 Å². The Morgan fingerprint density at radius 2 is 1.92 bits per heavy atom. The molecule has 78 valence electrons. The highest BCUT2D eigenvalue weighted by Crippen LogP contribution is 1.97. The lowest BCUT2D eigenvalue weighted by Crippen LogP contribution is -2.28. The second-order valence-electron chi connectivity index (χ2n) is 3.87. The zero-order valence-corrected chi connectivity index (χ0v) is 9.09. The molecule has 0 aliphatic rings. The third kappa shape index (κ3) is 9.34. The monoisotopic (exact) mass is 187 g/mol. The van der Waals surface area contributed by atoms with E-state index in [0.717, 1.165) is 0 Å². The number of ether oxygens (including phenoxy) is 1. The summed E-state index contributed by atoms with van der Waals surface area (Å²) in [4.78, 5) is 11.1. The Morgan fingerprint density at radius 3 is 2.38 bits per heavy atom. The summed E-state index contributed by atoms with van der Waals surface area (Å²) >= 11 is 0. The fourth-order valence-corrected chi connectivity index (χ4v) is 0.928. The van der Waals surface area contributed by atoms with Crippen molar-refractivity contribution < 1.29 is 9.53 Å². The van der Waals surface area contributed by atoms with Gasteiger partial charge in [0.1, 0.15) is 0 Å². The molecule has 0 radical (unpaired) electrons. The molecule has 0 saturated carbocycles. The van der Waals surface area contributed by atoms with Crippen LogP contribution in [-0.2, 0) is 9.53 Å². The maximum atomic E-state index is 11.1. The van der Waals surface area contributed by atoms with Crippen LogP contribution in [0.3, 0.4) is 0 Å². The van der Waals surface area contributed by atoms with E-state index in [-0.39, 0.29) is 12.0 Å². The summed E-state index contributed by atoms with van der Waals surface area (Å²) in [6.45, 7) is 9.24. The molecule has 3 nitrogen and oxygen atoms in total. The fourth-order valence-electron chi connectivity index (χ4n) is 0.928. The highest BCUT2D eigenvalue weighted by Gasteiger charge is 2.03. The van der Waals surface area contributed by atoms with Crippen LogP contribution in [-0.4, -0.2) is 25.2 Å². The van der Waals surface area contributed by atoms with E-state index in [2.05, 4.69) is 5.32 Å². The Bertz CT molecular complexity index is 144. The van der Waals surface area contributed by atoms with Gasteiger partial charge in [-0.15, -0.1) is 0 Å². The number of carbonyl (C=O) groups excluding carboxylic acids is 1. The van der Waals surface area contributed by atoms with E-state index >= 15 is 0 Å². The van der Waals surface area contributed by atoms with Crippen molar-refractivity contribution in [3.05, 3.63) is 0 Å². The van der Waals surface area contributed by atoms with Gasteiger partial charge in [0.05, 0.1) is 12.7 Å². The molecule has 0 fully saturated rings. The summed E-state index contributed by atoms with van der Waals surface area (Å²) < 4.78 is 5.28. The van der Waals surface area contributed by atoms with Gasteiger partial charge in [-0.3, -0.25) is 4.79 Å². The van der Waals surface area contributed by atoms with Gasteiger partial charge in [0.15, 0.2) is 0 Å². The predicted molar refractivity (Wildman–Crippen MR) is 53.6 cm³/mol. The van der Waals surface area contributed by atoms with E-state index in [1.165, 1.54) is 0 Å². The summed E-state index contributed by atoms with van der Waals surface area (Å²) in [7, 11) is 0. The van der Waals surface area contributed by atoms with Crippen LogP contribution in [0, 0.1) is 5.92 Å². The molecule has 0 atom stereocenters. The molecule has 0 rings (SSSR count). The van der Waals surface area contributed by atoms with Gasteiger partial charge in [-0.25, -0.2) is 0 Å². The lowest BCUT2D eigenvalue weighted by atomic mass is 10.1. The minimum atomic E-state index is 0.113. The van der Waals surface area contributed by atoms with Gasteiger partial charge in [-0.1, -0.05) is 13.8 Å². The smallest absolute Gasteiger partial charge is 0.220 e. The zero-order valence-electron chi connectivity index (χ0n) is 9.09. The van der Waals surface area contributed by atoms with Crippen LogP contribution in [0.4, 0.5) is 0 Å². The highest BCUT2D eigenvalue weighted by molar-refractivity contribution is 5.75. The number of hydrogen-bond donors (Lipinski definition) is 1. The van der Waals surface area contributed by atoms with Gasteiger partial charge < -0.3 is 10.1 Å². The van der Waals surface area contributed by atoms with Crippen molar-refractivity contribution in [1.29, 1.82) is 0 Å². The normalized spacial score (nSPS) is 10.9. The molecule has 0 aliphatic heterocycles. The van der Waals surface area contributed by atoms with Crippen molar-refractivity contribution in [1.82, 2.24) is 5.32 Å². The molecule has 0 aliphatic carbocycles. The van der Waals surface area contributed by atoms with Crippen molar-refractivity contribution in [2.24, 2.45) is 5.92 Å². The first kappa shape index (κ1) is 12.4. The van der Waals surface area contributed by atoms with Crippen molar-refractivity contribution >= 4 is 5.91 Å². The average molecular weight is 187 g/mol. The molecule has 3 heteroatoms. The molecule has 0 saturated heterocycles. The standard InChI is InChI=1S/C10H21NO2/c1-8(2)7-10(12)11-5-6-13-9(3)4/h8-9H,5-7H2,1-4H3,(H,11,12). The number of hydrogen-bond acceptors (Lipinski definition) is 2. The summed E-state index contributed by atoms with van der Waals surface area (Å²) in [6, 6.07) is 0. The van der Waals surface area contributed by atoms with E-state index in [4.69, 9.17) is 4.74 Å². The van der Waals surface area contributed by atoms with Gasteiger partial charge in [0.2, 0.25) is 5.91 Å². The Kier molecular flexibility index (Phi) is 6.59. The summed E-state index contributed by atoms with van der Waals surface area (Å²) in [5.74, 6) is 0.536. The van der Waals surface area contributed by atoms with Gasteiger partial charge in [0, 0.05) is 13.0 Å². The largest absolute Gasteiger partial charge is 0.377 e. The van der Waals surface area contributed by atoms with Crippen molar-refractivity contribution in [3.8, 4) is 0 Å². The average Bonchev–Trinajstić information content (AvgIpc) is 1.96. The van der Waals surface area contributed by atoms with E-state index in [1.807, 2.05) is 27.7 Å². The first-order valence-corrected chi connectivity index (χ1v) is 4.90. The maximum absolute atomic E-state index is 11.1. The van der Waals surface area contributed by atoms with Crippen LogP contribution in [0.5, 0.6) is 0 Å². The molecule has 0 spiro atoms. The van der Waals surface area contributed by atoms with E-state index in [0.29, 0.717) is 25.5 Å². The number of nitrogens with one attached hydrogen (secondary N) is 1. The number of amides is 1. The molecular weight excluding hydrogens is 166 g/mol. The quantitative estimate of drug-likeness (QED) is 0.641. The molecule has 0 aromatic rings. The highest BCUT2D eigenvalue weighted by atomic mass is 16.5. The van der Waals surface area contributed by atoms with Gasteiger partial charge in [-0.2, -0.15) is 0 Å². The first-order chi connectivity index (χ1) is 6.02. The SMILES string of the molecule is CC(C)CC(=O)NCCOC(C)C. The van der Waals surface area contributed by atoms with E-state index < -0.39 is 0 Å². The molecule has 0 aromatic carbocycles.